The predicted octanol–water partition coefficient (Wildman–Crippen LogP) is 2.57. The fourth-order valence-electron chi connectivity index (χ4n) is 3.85. The zero-order chi connectivity index (χ0) is 21.5. The predicted molar refractivity (Wildman–Crippen MR) is 118 cm³/mol. The van der Waals surface area contributed by atoms with E-state index in [0.717, 1.165) is 16.5 Å². The highest BCUT2D eigenvalue weighted by molar-refractivity contribution is 7.91. The van der Waals surface area contributed by atoms with Crippen molar-refractivity contribution in [1.82, 2.24) is 14.5 Å². The molecule has 0 saturated carbocycles. The molecule has 2 aromatic heterocycles. The van der Waals surface area contributed by atoms with Crippen molar-refractivity contribution in [3.8, 4) is 11.3 Å². The molecule has 4 rings (SSSR count). The van der Waals surface area contributed by atoms with Crippen molar-refractivity contribution in [3.63, 3.8) is 0 Å². The van der Waals surface area contributed by atoms with Crippen molar-refractivity contribution in [3.05, 3.63) is 47.0 Å². The van der Waals surface area contributed by atoms with Crippen molar-refractivity contribution in [2.75, 3.05) is 30.4 Å². The summed E-state index contributed by atoms with van der Waals surface area (Å²) >= 11 is 0. The number of benzene rings is 1. The summed E-state index contributed by atoms with van der Waals surface area (Å²) in [6.07, 6.45) is 3.41. The fourth-order valence-corrected chi connectivity index (χ4v) is 4.83. The minimum absolute atomic E-state index is 0.0382. The van der Waals surface area contributed by atoms with Gasteiger partial charge >= 0.3 is 0 Å². The van der Waals surface area contributed by atoms with Crippen LogP contribution in [0.1, 0.15) is 26.1 Å². The minimum atomic E-state index is -3.48. The van der Waals surface area contributed by atoms with Crippen molar-refractivity contribution in [2.24, 2.45) is 0 Å². The average molecular weight is 431 g/mol. The first-order chi connectivity index (χ1) is 14.3. The second-order valence-electron chi connectivity index (χ2n) is 7.57. The third-order valence-corrected chi connectivity index (χ3v) is 7.81. The summed E-state index contributed by atoms with van der Waals surface area (Å²) in [5.74, 6) is 0.212. The summed E-state index contributed by atoms with van der Waals surface area (Å²) in [6.45, 7) is 6.61. The first-order valence-corrected chi connectivity index (χ1v) is 11.8. The SMILES string of the molecule is CCS(=O)(=O)C(C)n1cc(-c2cccc3[nH]ccc23)nc(N2CCOC[C@H]2C)c1=O. The molecule has 0 aliphatic carbocycles. The molecule has 1 fully saturated rings. The number of morpholine rings is 1. The van der Waals surface area contributed by atoms with Crippen molar-refractivity contribution in [2.45, 2.75) is 32.2 Å². The van der Waals surface area contributed by atoms with Gasteiger partial charge < -0.3 is 14.6 Å². The molecular weight excluding hydrogens is 404 g/mol. The number of anilines is 1. The van der Waals surface area contributed by atoms with E-state index < -0.39 is 20.8 Å². The molecule has 1 aromatic carbocycles. The van der Waals surface area contributed by atoms with Gasteiger partial charge in [0.25, 0.3) is 5.56 Å². The van der Waals surface area contributed by atoms with Gasteiger partial charge in [-0.3, -0.25) is 9.36 Å². The number of ether oxygens (including phenoxy) is 1. The van der Waals surface area contributed by atoms with E-state index in [1.807, 2.05) is 42.3 Å². The van der Waals surface area contributed by atoms with E-state index in [0.29, 0.717) is 25.5 Å². The number of aromatic nitrogens is 3. The quantitative estimate of drug-likeness (QED) is 0.668. The maximum Gasteiger partial charge on any atom is 0.294 e. The van der Waals surface area contributed by atoms with E-state index in [4.69, 9.17) is 9.72 Å². The highest BCUT2D eigenvalue weighted by Crippen LogP contribution is 2.29. The zero-order valence-corrected chi connectivity index (χ0v) is 18.1. The summed E-state index contributed by atoms with van der Waals surface area (Å²) in [7, 11) is -3.48. The molecule has 1 N–H and O–H groups in total. The minimum Gasteiger partial charge on any atom is -0.377 e. The van der Waals surface area contributed by atoms with Crippen molar-refractivity contribution >= 4 is 26.6 Å². The zero-order valence-electron chi connectivity index (χ0n) is 17.3. The van der Waals surface area contributed by atoms with Gasteiger partial charge in [0.15, 0.2) is 15.7 Å². The van der Waals surface area contributed by atoms with Crippen LogP contribution < -0.4 is 10.5 Å². The van der Waals surface area contributed by atoms with Crippen molar-refractivity contribution in [1.29, 1.82) is 0 Å². The topological polar surface area (TPSA) is 97.3 Å². The molecule has 9 heteroatoms. The summed E-state index contributed by atoms with van der Waals surface area (Å²) in [5.41, 5.74) is 1.94. The molecule has 3 heterocycles. The molecule has 0 amide bonds. The first-order valence-electron chi connectivity index (χ1n) is 10.1. The molecule has 3 aromatic rings. The molecular formula is C21H26N4O4S. The molecule has 30 heavy (non-hydrogen) atoms. The maximum atomic E-state index is 13.4. The van der Waals surface area contributed by atoms with Gasteiger partial charge in [-0.1, -0.05) is 19.1 Å². The first kappa shape index (κ1) is 20.6. The van der Waals surface area contributed by atoms with Crippen LogP contribution in [0.25, 0.3) is 22.2 Å². The third-order valence-electron chi connectivity index (χ3n) is 5.74. The number of hydrogen-bond acceptors (Lipinski definition) is 6. The Bertz CT molecular complexity index is 1230. The Morgan fingerprint density at radius 3 is 2.87 bits per heavy atom. The molecule has 1 aliphatic rings. The molecule has 0 spiro atoms. The molecule has 160 valence electrons. The lowest BCUT2D eigenvalue weighted by atomic mass is 10.1. The van der Waals surface area contributed by atoms with Gasteiger partial charge in [-0.15, -0.1) is 0 Å². The maximum absolute atomic E-state index is 13.4. The second-order valence-corrected chi connectivity index (χ2v) is 10.2. The van der Waals surface area contributed by atoms with Crippen LogP contribution >= 0.6 is 0 Å². The van der Waals surface area contributed by atoms with Crippen LogP contribution in [-0.2, 0) is 14.6 Å². The summed E-state index contributed by atoms with van der Waals surface area (Å²) < 4.78 is 32.0. The molecule has 8 nitrogen and oxygen atoms in total. The van der Waals surface area contributed by atoms with E-state index in [1.165, 1.54) is 4.57 Å². The van der Waals surface area contributed by atoms with Gasteiger partial charge in [0.1, 0.15) is 5.37 Å². The van der Waals surface area contributed by atoms with Gasteiger partial charge in [0, 0.05) is 41.2 Å². The summed E-state index contributed by atoms with van der Waals surface area (Å²) in [5, 5.41) is -0.0283. The lowest BCUT2D eigenvalue weighted by Gasteiger charge is -2.34. The third kappa shape index (κ3) is 3.52. The molecule has 1 unspecified atom stereocenters. The van der Waals surface area contributed by atoms with Crippen LogP contribution in [0.2, 0.25) is 0 Å². The Morgan fingerprint density at radius 1 is 1.33 bits per heavy atom. The van der Waals surface area contributed by atoms with Crippen LogP contribution in [-0.4, -0.2) is 54.5 Å². The molecule has 2 atom stereocenters. The van der Waals surface area contributed by atoms with E-state index in [2.05, 4.69) is 4.98 Å². The van der Waals surface area contributed by atoms with Crippen LogP contribution in [0.5, 0.6) is 0 Å². The Hall–Kier alpha value is -2.65. The molecule has 1 aliphatic heterocycles. The van der Waals surface area contributed by atoms with Gasteiger partial charge in [0.2, 0.25) is 0 Å². The number of rotatable bonds is 5. The monoisotopic (exact) mass is 430 g/mol. The largest absolute Gasteiger partial charge is 0.377 e. The molecule has 1 saturated heterocycles. The Labute approximate surface area is 175 Å². The van der Waals surface area contributed by atoms with Gasteiger partial charge in [-0.05, 0) is 26.0 Å². The number of H-pyrrole nitrogens is 1. The van der Waals surface area contributed by atoms with Crippen LogP contribution in [0.3, 0.4) is 0 Å². The second kappa shape index (κ2) is 7.88. The normalized spacial score (nSPS) is 18.6. The highest BCUT2D eigenvalue weighted by atomic mass is 32.2. The number of aromatic amines is 1. The van der Waals surface area contributed by atoms with Crippen LogP contribution in [0, 0.1) is 0 Å². The van der Waals surface area contributed by atoms with Gasteiger partial charge in [-0.25, -0.2) is 13.4 Å². The summed E-state index contributed by atoms with van der Waals surface area (Å²) in [6, 6.07) is 7.71. The Balaban J connectivity index is 1.97. The highest BCUT2D eigenvalue weighted by Gasteiger charge is 2.28. The number of hydrogen-bond donors (Lipinski definition) is 1. The van der Waals surface area contributed by atoms with Gasteiger partial charge in [-0.2, -0.15) is 0 Å². The average Bonchev–Trinajstić information content (AvgIpc) is 3.23. The lowest BCUT2D eigenvalue weighted by Crippen LogP contribution is -2.47. The number of sulfone groups is 1. The van der Waals surface area contributed by atoms with Crippen LogP contribution in [0.15, 0.2) is 41.5 Å². The van der Waals surface area contributed by atoms with E-state index in [-0.39, 0.29) is 17.6 Å². The smallest absolute Gasteiger partial charge is 0.294 e. The van der Waals surface area contributed by atoms with Crippen LogP contribution in [0.4, 0.5) is 5.82 Å². The Kier molecular flexibility index (Phi) is 5.42. The Morgan fingerprint density at radius 2 is 2.13 bits per heavy atom. The fraction of sp³-hybridized carbons (Fsp3) is 0.429. The standard InChI is InChI=1S/C21H26N4O4S/c1-4-30(27,28)15(3)25-12-19(16-6-5-7-18-17(16)8-9-22-18)23-20(21(25)26)24-10-11-29-13-14(24)2/h5-9,12,14-15,22H,4,10-11,13H2,1-3H3/t14-,15?/m1/s1. The number of nitrogens with one attached hydrogen (secondary N) is 1. The summed E-state index contributed by atoms with van der Waals surface area (Å²) in [4.78, 5) is 23.2. The van der Waals surface area contributed by atoms with E-state index in [9.17, 15) is 13.2 Å². The van der Waals surface area contributed by atoms with Gasteiger partial charge in [0.05, 0.1) is 24.9 Å². The molecule has 0 radical (unpaired) electrons. The lowest BCUT2D eigenvalue weighted by molar-refractivity contribution is 0.0983. The van der Waals surface area contributed by atoms with E-state index >= 15 is 0 Å². The number of nitrogens with zero attached hydrogens (tertiary/aromatic N) is 3. The number of fused-ring (bicyclic) bond motifs is 1. The van der Waals surface area contributed by atoms with E-state index in [1.54, 1.807) is 20.0 Å². The molecule has 0 bridgehead atoms. The van der Waals surface area contributed by atoms with Crippen molar-refractivity contribution < 1.29 is 13.2 Å².